The second-order valence-electron chi connectivity index (χ2n) is 1.43. The third kappa shape index (κ3) is 5.76. The molecule has 2 unspecified atom stereocenters. The van der Waals surface area contributed by atoms with E-state index in [1.807, 2.05) is 0 Å². The van der Waals surface area contributed by atoms with Crippen LogP contribution >= 0.6 is 25.5 Å². The van der Waals surface area contributed by atoms with Crippen LogP contribution in [-0.2, 0) is 4.52 Å². The molecule has 0 aliphatic carbocycles. The van der Waals surface area contributed by atoms with E-state index in [9.17, 15) is 21.3 Å². The summed E-state index contributed by atoms with van der Waals surface area (Å²) in [6, 6.07) is 0. The summed E-state index contributed by atoms with van der Waals surface area (Å²) in [7, 11) is -10.9. The molecule has 11 heteroatoms. The molecular weight excluding hydrogens is 256 g/mol. The molecule has 2 atom stereocenters. The molecule has 0 saturated carbocycles. The van der Waals surface area contributed by atoms with Crippen molar-refractivity contribution in [2.24, 2.45) is 4.52 Å². The maximum Gasteiger partial charge on any atom is 0.577 e. The molecule has 0 bridgehead atoms. The van der Waals surface area contributed by atoms with Crippen molar-refractivity contribution < 1.29 is 25.8 Å². The Hall–Kier alpha value is 0.530. The highest BCUT2D eigenvalue weighted by Gasteiger charge is 2.39. The Morgan fingerprint density at radius 1 is 1.46 bits per heavy atom. The van der Waals surface area contributed by atoms with Gasteiger partial charge in [0.1, 0.15) is 0 Å². The topological polar surface area (TPSA) is 24.8 Å². The van der Waals surface area contributed by atoms with Crippen molar-refractivity contribution in [1.29, 1.82) is 0 Å². The lowest BCUT2D eigenvalue weighted by molar-refractivity contribution is 0.251. The molecule has 78 valence electrons. The number of halogens is 5. The Morgan fingerprint density at radius 3 is 2.38 bits per heavy atom. The second-order valence-corrected chi connectivity index (χ2v) is 4.79. The molecule has 0 aromatic rings. The molecule has 0 aromatic heterocycles. The van der Waals surface area contributed by atoms with E-state index in [0.29, 0.717) is 0 Å². The summed E-state index contributed by atoms with van der Waals surface area (Å²) in [4.78, 5) is 0. The van der Waals surface area contributed by atoms with Crippen LogP contribution in [0.5, 0.6) is 0 Å². The average Bonchev–Trinajstić information content (AvgIpc) is 2.03. The van der Waals surface area contributed by atoms with Crippen LogP contribution in [0.25, 0.3) is 0 Å². The monoisotopic (exact) mass is 261 g/mol. The minimum absolute atomic E-state index is 0.0822. The fraction of sp³-hybridized carbons (Fsp3) is 1.00. The van der Waals surface area contributed by atoms with Gasteiger partial charge in [0.15, 0.2) is 4.66 Å². The molecule has 0 radical (unpaired) electrons. The predicted octanol–water partition coefficient (Wildman–Crippen LogP) is 5.04. The van der Waals surface area contributed by atoms with E-state index in [1.165, 1.54) is 6.92 Å². The van der Waals surface area contributed by atoms with Crippen LogP contribution in [0.2, 0.25) is 0 Å². The van der Waals surface area contributed by atoms with Crippen molar-refractivity contribution in [1.82, 2.24) is 4.66 Å². The zero-order valence-electron chi connectivity index (χ0n) is 6.24. The van der Waals surface area contributed by atoms with Gasteiger partial charge in [0.2, 0.25) is 0 Å². The minimum atomic E-state index is -4.23. The van der Waals surface area contributed by atoms with Crippen molar-refractivity contribution in [3.8, 4) is 0 Å². The smallest absolute Gasteiger partial charge is 0.311 e. The SMILES string of the molecule is CCOP(F)N=[P+](F)N(F)P(F)F. The third-order valence-electron chi connectivity index (χ3n) is 0.641. The summed E-state index contributed by atoms with van der Waals surface area (Å²) in [5, 5.41) is 0. The van der Waals surface area contributed by atoms with Gasteiger partial charge in [-0.15, -0.1) is 0 Å². The Labute approximate surface area is 74.9 Å². The largest absolute Gasteiger partial charge is 0.577 e. The lowest BCUT2D eigenvalue weighted by atomic mass is 10.9. The molecule has 0 aromatic carbocycles. The number of nitrogens with zero attached hydrogens (tertiary/aromatic N) is 2. The molecule has 0 fully saturated rings. The van der Waals surface area contributed by atoms with Gasteiger partial charge >= 0.3 is 25.5 Å². The van der Waals surface area contributed by atoms with Crippen LogP contribution < -0.4 is 0 Å². The van der Waals surface area contributed by atoms with Crippen LogP contribution in [0.3, 0.4) is 0 Å². The lowest BCUT2D eigenvalue weighted by Crippen LogP contribution is -1.85. The molecule has 0 spiro atoms. The maximum atomic E-state index is 12.3. The molecule has 0 saturated heterocycles. The van der Waals surface area contributed by atoms with E-state index in [-0.39, 0.29) is 6.61 Å². The normalized spacial score (nSPS) is 15.5. The number of hydrogen-bond acceptors (Lipinski definition) is 2. The van der Waals surface area contributed by atoms with Gasteiger partial charge in [-0.25, -0.2) is 0 Å². The Morgan fingerprint density at radius 2 is 2.00 bits per heavy atom. The highest BCUT2D eigenvalue weighted by Crippen LogP contribution is 2.59. The lowest BCUT2D eigenvalue weighted by Gasteiger charge is -1.95. The van der Waals surface area contributed by atoms with Crippen molar-refractivity contribution in [3.63, 3.8) is 0 Å². The highest BCUT2D eigenvalue weighted by atomic mass is 31.2. The van der Waals surface area contributed by atoms with E-state index in [4.69, 9.17) is 0 Å². The van der Waals surface area contributed by atoms with Crippen molar-refractivity contribution in [3.05, 3.63) is 0 Å². The van der Waals surface area contributed by atoms with Gasteiger partial charge in [0.25, 0.3) is 0 Å². The highest BCUT2D eigenvalue weighted by molar-refractivity contribution is 7.61. The van der Waals surface area contributed by atoms with Gasteiger partial charge in [0, 0.05) is 4.52 Å². The Bertz CT molecular complexity index is 181. The Balaban J connectivity index is 4.13. The van der Waals surface area contributed by atoms with Gasteiger partial charge in [-0.05, 0) is 6.92 Å². The molecule has 0 rings (SSSR count). The number of hydrogen-bond donors (Lipinski definition) is 0. The predicted molar refractivity (Wildman–Crippen MR) is 42.2 cm³/mol. The molecule has 3 nitrogen and oxygen atoms in total. The van der Waals surface area contributed by atoms with Gasteiger partial charge < -0.3 is 4.52 Å². The van der Waals surface area contributed by atoms with Crippen LogP contribution in [-0.4, -0.2) is 11.3 Å². The van der Waals surface area contributed by atoms with Crippen molar-refractivity contribution in [2.45, 2.75) is 6.92 Å². The maximum absolute atomic E-state index is 12.3. The molecule has 0 aliphatic rings. The quantitative estimate of drug-likeness (QED) is 0.393. The minimum Gasteiger partial charge on any atom is -0.311 e. The summed E-state index contributed by atoms with van der Waals surface area (Å²) in [6.45, 7) is 1.33. The van der Waals surface area contributed by atoms with E-state index in [0.717, 1.165) is 0 Å². The number of rotatable bonds is 5. The van der Waals surface area contributed by atoms with Crippen LogP contribution in [0.15, 0.2) is 4.52 Å². The first kappa shape index (κ1) is 13.5. The first-order valence-electron chi connectivity index (χ1n) is 2.82. The van der Waals surface area contributed by atoms with Crippen LogP contribution in [0, 0.1) is 0 Å². The summed E-state index contributed by atoms with van der Waals surface area (Å²) < 4.78 is 64.8. The van der Waals surface area contributed by atoms with Crippen molar-refractivity contribution in [2.75, 3.05) is 6.61 Å². The van der Waals surface area contributed by atoms with Crippen molar-refractivity contribution >= 4 is 25.5 Å². The molecule has 13 heavy (non-hydrogen) atoms. The standard InChI is InChI=1S/C2H5F5N2OP3/c1-2-10-13(7)8-12(6)9(3)11(4)5/h2H2,1H3/q+1. The van der Waals surface area contributed by atoms with Gasteiger partial charge in [0.05, 0.1) is 10.8 Å². The second kappa shape index (κ2) is 6.91. The van der Waals surface area contributed by atoms with E-state index < -0.39 is 30.1 Å². The fourth-order valence-electron chi connectivity index (χ4n) is 0.279. The van der Waals surface area contributed by atoms with E-state index in [2.05, 4.69) is 9.04 Å². The summed E-state index contributed by atoms with van der Waals surface area (Å²) in [5.74, 6) is 0. The van der Waals surface area contributed by atoms with E-state index in [1.54, 1.807) is 0 Å². The average molecular weight is 261 g/mol. The zero-order chi connectivity index (χ0) is 10.4. The summed E-state index contributed by atoms with van der Waals surface area (Å²) >= 11 is 0. The Kier molecular flexibility index (Phi) is 7.19. The van der Waals surface area contributed by atoms with Gasteiger partial charge in [-0.1, -0.05) is 4.48 Å². The third-order valence-corrected chi connectivity index (χ3v) is 3.64. The molecular formula is C2H5F5N2OP3+. The van der Waals surface area contributed by atoms with Gasteiger partial charge in [-0.3, -0.25) is 0 Å². The summed E-state index contributed by atoms with van der Waals surface area (Å²) in [6.07, 6.45) is 0. The van der Waals surface area contributed by atoms with E-state index >= 15 is 0 Å². The first-order valence-corrected chi connectivity index (χ1v) is 6.14. The molecule has 0 heterocycles. The van der Waals surface area contributed by atoms with Gasteiger partial charge in [-0.2, -0.15) is 12.6 Å². The fourth-order valence-corrected chi connectivity index (χ4v) is 2.20. The zero-order valence-corrected chi connectivity index (χ0v) is 8.92. The summed E-state index contributed by atoms with van der Waals surface area (Å²) in [5.41, 5.74) is 0. The first-order chi connectivity index (χ1) is 5.99. The van der Waals surface area contributed by atoms with Crippen LogP contribution in [0.1, 0.15) is 6.92 Å². The van der Waals surface area contributed by atoms with Crippen LogP contribution in [0.4, 0.5) is 21.3 Å². The molecule has 0 N–H and O–H groups in total. The molecule has 0 aliphatic heterocycles. The molecule has 0 amide bonds.